The van der Waals surface area contributed by atoms with E-state index in [1.54, 1.807) is 42.7 Å². The summed E-state index contributed by atoms with van der Waals surface area (Å²) in [5.74, 6) is 4.27. The highest BCUT2D eigenvalue weighted by atomic mass is 32.2. The highest BCUT2D eigenvalue weighted by Gasteiger charge is 2.37. The molecule has 10 heteroatoms. The van der Waals surface area contributed by atoms with E-state index in [1.165, 1.54) is 6.42 Å². The van der Waals surface area contributed by atoms with Crippen molar-refractivity contribution in [2.24, 2.45) is 0 Å². The largest absolute Gasteiger partial charge is 0.500 e. The molecule has 0 heterocycles. The summed E-state index contributed by atoms with van der Waals surface area (Å²) in [5.41, 5.74) is 0. The molecule has 0 aliphatic carbocycles. The molecule has 0 N–H and O–H groups in total. The third-order valence-electron chi connectivity index (χ3n) is 3.55. The Kier molecular flexibility index (Phi) is 14.7. The van der Waals surface area contributed by atoms with Crippen LogP contribution >= 0.6 is 23.5 Å². The Hall–Kier alpha value is 0.894. The molecule has 0 saturated carbocycles. The summed E-state index contributed by atoms with van der Waals surface area (Å²) in [6.07, 6.45) is 1.18. The van der Waals surface area contributed by atoms with Crippen LogP contribution in [0, 0.1) is 0 Å². The molecular formula is C13H32O6S2Si2. The Morgan fingerprint density at radius 1 is 0.522 bits per heavy atom. The monoisotopic (exact) mass is 404 g/mol. The fourth-order valence-electron chi connectivity index (χ4n) is 1.97. The maximum Gasteiger partial charge on any atom is 0.500 e. The van der Waals surface area contributed by atoms with Crippen LogP contribution < -0.4 is 0 Å². The molecule has 0 aliphatic rings. The van der Waals surface area contributed by atoms with Crippen molar-refractivity contribution in [1.82, 2.24) is 0 Å². The minimum atomic E-state index is -2.40. The van der Waals surface area contributed by atoms with Crippen LogP contribution in [0.25, 0.3) is 0 Å². The zero-order valence-corrected chi connectivity index (χ0v) is 18.8. The molecular weight excluding hydrogens is 372 g/mol. The predicted octanol–water partition coefficient (Wildman–Crippen LogP) is 2.60. The Bertz CT molecular complexity index is 239. The highest BCUT2D eigenvalue weighted by molar-refractivity contribution is 8.00. The number of rotatable bonds is 16. The number of hydrogen-bond donors (Lipinski definition) is 0. The zero-order chi connectivity index (χ0) is 17.6. The van der Waals surface area contributed by atoms with Crippen LogP contribution in [-0.2, 0) is 26.6 Å². The first-order valence-electron chi connectivity index (χ1n) is 7.54. The van der Waals surface area contributed by atoms with Gasteiger partial charge in [-0.05, 0) is 29.4 Å². The zero-order valence-electron chi connectivity index (χ0n) is 15.2. The van der Waals surface area contributed by atoms with Gasteiger partial charge in [-0.2, -0.15) is 23.5 Å². The Labute approximate surface area is 152 Å². The standard InChI is InChI=1S/C13H32O6S2Si2/c1-14-22(15-2,16-3)12-10-20-8-7-9-21-11-13-23(17-4,18-5)19-6/h7-13H2,1-6H3. The van der Waals surface area contributed by atoms with E-state index in [2.05, 4.69) is 0 Å². The van der Waals surface area contributed by atoms with Crippen molar-refractivity contribution in [3.05, 3.63) is 0 Å². The number of thioether (sulfide) groups is 2. The van der Waals surface area contributed by atoms with Crippen molar-refractivity contribution >= 4 is 41.1 Å². The van der Waals surface area contributed by atoms with E-state index in [4.69, 9.17) is 26.6 Å². The van der Waals surface area contributed by atoms with E-state index in [-0.39, 0.29) is 0 Å². The van der Waals surface area contributed by atoms with Gasteiger partial charge in [-0.15, -0.1) is 0 Å². The van der Waals surface area contributed by atoms with Crippen LogP contribution in [0.4, 0.5) is 0 Å². The van der Waals surface area contributed by atoms with Gasteiger partial charge in [-0.3, -0.25) is 0 Å². The Balaban J connectivity index is 3.64. The quantitative estimate of drug-likeness (QED) is 0.287. The normalized spacial score (nSPS) is 12.8. The summed E-state index contributed by atoms with van der Waals surface area (Å²) < 4.78 is 32.4. The molecule has 6 nitrogen and oxygen atoms in total. The van der Waals surface area contributed by atoms with Crippen LogP contribution in [0.2, 0.25) is 12.1 Å². The van der Waals surface area contributed by atoms with Gasteiger partial charge >= 0.3 is 17.6 Å². The molecule has 0 aromatic rings. The lowest BCUT2D eigenvalue weighted by molar-refractivity contribution is 0.125. The SMILES string of the molecule is CO[Si](CCSCCCSCC[Si](OC)(OC)OC)(OC)OC. The smallest absolute Gasteiger partial charge is 0.377 e. The van der Waals surface area contributed by atoms with E-state index < -0.39 is 17.6 Å². The Morgan fingerprint density at radius 3 is 1.09 bits per heavy atom. The Morgan fingerprint density at radius 2 is 0.826 bits per heavy atom. The minimum absolute atomic E-state index is 0.845. The van der Waals surface area contributed by atoms with Gasteiger partial charge in [0.15, 0.2) is 0 Å². The summed E-state index contributed by atoms with van der Waals surface area (Å²) in [6.45, 7) is 0. The molecule has 0 aromatic heterocycles. The minimum Gasteiger partial charge on any atom is -0.377 e. The lowest BCUT2D eigenvalue weighted by Gasteiger charge is -2.24. The molecule has 140 valence electrons. The van der Waals surface area contributed by atoms with Gasteiger partial charge in [-0.25, -0.2) is 0 Å². The van der Waals surface area contributed by atoms with E-state index in [0.29, 0.717) is 0 Å². The van der Waals surface area contributed by atoms with Gasteiger partial charge in [0, 0.05) is 54.7 Å². The van der Waals surface area contributed by atoms with Crippen LogP contribution in [0.3, 0.4) is 0 Å². The van der Waals surface area contributed by atoms with Crippen LogP contribution in [-0.4, -0.2) is 83.3 Å². The van der Waals surface area contributed by atoms with Gasteiger partial charge in [0.2, 0.25) is 0 Å². The molecule has 0 radical (unpaired) electrons. The number of hydrogen-bond acceptors (Lipinski definition) is 8. The summed E-state index contributed by atoms with van der Waals surface area (Å²) in [7, 11) is 5.15. The molecule has 0 rings (SSSR count). The second kappa shape index (κ2) is 14.1. The molecule has 0 unspecified atom stereocenters. The molecule has 0 spiro atoms. The van der Waals surface area contributed by atoms with Gasteiger partial charge < -0.3 is 26.6 Å². The molecule has 23 heavy (non-hydrogen) atoms. The van der Waals surface area contributed by atoms with Crippen LogP contribution in [0.1, 0.15) is 6.42 Å². The van der Waals surface area contributed by atoms with Crippen LogP contribution in [0.5, 0.6) is 0 Å². The van der Waals surface area contributed by atoms with E-state index in [9.17, 15) is 0 Å². The van der Waals surface area contributed by atoms with E-state index >= 15 is 0 Å². The summed E-state index contributed by atoms with van der Waals surface area (Å²) in [5, 5.41) is 0. The van der Waals surface area contributed by atoms with Crippen molar-refractivity contribution in [2.75, 3.05) is 65.7 Å². The van der Waals surface area contributed by atoms with Crippen molar-refractivity contribution < 1.29 is 26.6 Å². The van der Waals surface area contributed by atoms with E-state index in [1.807, 2.05) is 23.5 Å². The average molecular weight is 405 g/mol. The molecule has 0 aliphatic heterocycles. The fraction of sp³-hybridized carbons (Fsp3) is 1.00. The van der Waals surface area contributed by atoms with Crippen molar-refractivity contribution in [1.29, 1.82) is 0 Å². The average Bonchev–Trinajstić information content (AvgIpc) is 2.61. The summed E-state index contributed by atoms with van der Waals surface area (Å²) in [4.78, 5) is 0. The maximum atomic E-state index is 5.40. The first-order valence-corrected chi connectivity index (χ1v) is 13.7. The maximum absolute atomic E-state index is 5.40. The predicted molar refractivity (Wildman–Crippen MR) is 102 cm³/mol. The fourth-order valence-corrected chi connectivity index (χ4v) is 8.64. The highest BCUT2D eigenvalue weighted by Crippen LogP contribution is 2.19. The topological polar surface area (TPSA) is 55.4 Å². The second-order valence-corrected chi connectivity index (χ2v) is 13.3. The van der Waals surface area contributed by atoms with Crippen molar-refractivity contribution in [3.63, 3.8) is 0 Å². The van der Waals surface area contributed by atoms with Crippen LogP contribution in [0.15, 0.2) is 0 Å². The summed E-state index contributed by atoms with van der Waals surface area (Å²) >= 11 is 3.84. The molecule has 0 bridgehead atoms. The third-order valence-corrected chi connectivity index (χ3v) is 11.9. The second-order valence-electron chi connectivity index (χ2n) is 4.67. The third kappa shape index (κ3) is 9.24. The van der Waals surface area contributed by atoms with Crippen molar-refractivity contribution in [3.8, 4) is 0 Å². The molecule has 0 saturated heterocycles. The van der Waals surface area contributed by atoms with E-state index in [0.717, 1.165) is 35.1 Å². The van der Waals surface area contributed by atoms with Gasteiger partial charge in [0.05, 0.1) is 0 Å². The first-order chi connectivity index (χ1) is 11.1. The van der Waals surface area contributed by atoms with Gasteiger partial charge in [0.1, 0.15) is 0 Å². The molecule has 0 atom stereocenters. The molecule has 0 amide bonds. The van der Waals surface area contributed by atoms with Crippen molar-refractivity contribution in [2.45, 2.75) is 18.5 Å². The lowest BCUT2D eigenvalue weighted by Crippen LogP contribution is -2.43. The molecule has 0 aromatic carbocycles. The van der Waals surface area contributed by atoms with Gasteiger partial charge in [-0.1, -0.05) is 0 Å². The molecule has 0 fully saturated rings. The van der Waals surface area contributed by atoms with Gasteiger partial charge in [0.25, 0.3) is 0 Å². The summed E-state index contributed by atoms with van der Waals surface area (Å²) in [6, 6.07) is 1.69. The first kappa shape index (κ1) is 23.9. The lowest BCUT2D eigenvalue weighted by atomic mass is 10.6.